The van der Waals surface area contributed by atoms with Gasteiger partial charge in [0.15, 0.2) is 0 Å². The van der Waals surface area contributed by atoms with Crippen LogP contribution in [0.5, 0.6) is 0 Å². The number of fused-ring (bicyclic) bond motifs is 1. The number of hydrogen-bond donors (Lipinski definition) is 1. The molecular formula is C9H7Br4N3O. The predicted octanol–water partition coefficient (Wildman–Crippen LogP) is 3.86. The molecular weight excluding hydrogens is 486 g/mol. The maximum atomic E-state index is 9.34. The topological polar surface area (TPSA) is 50.9 Å². The third-order valence-corrected chi connectivity index (χ3v) is 6.80. The lowest BCUT2D eigenvalue weighted by molar-refractivity contribution is 0.162. The number of aromatic nitrogens is 3. The van der Waals surface area contributed by atoms with Crippen LogP contribution in [-0.2, 0) is 6.54 Å². The van der Waals surface area contributed by atoms with Crippen LogP contribution in [0.1, 0.15) is 6.92 Å². The normalized spacial score (nSPS) is 13.3. The predicted molar refractivity (Wildman–Crippen MR) is 80.0 cm³/mol. The molecule has 0 aliphatic carbocycles. The summed E-state index contributed by atoms with van der Waals surface area (Å²) >= 11 is 13.9. The van der Waals surface area contributed by atoms with Crippen LogP contribution < -0.4 is 0 Å². The van der Waals surface area contributed by atoms with Crippen LogP contribution in [0.2, 0.25) is 0 Å². The van der Waals surface area contributed by atoms with Gasteiger partial charge in [-0.05, 0) is 70.6 Å². The number of rotatable bonds is 2. The lowest BCUT2D eigenvalue weighted by Crippen LogP contribution is -2.13. The molecule has 4 nitrogen and oxygen atoms in total. The second-order valence-corrected chi connectivity index (χ2v) is 6.73. The SMILES string of the molecule is CC(O)Cn1nc2c(Br)c(Br)c(Br)c(Br)c2n1. The Hall–Kier alpha value is 0.500. The summed E-state index contributed by atoms with van der Waals surface area (Å²) in [5.74, 6) is 0. The number of nitrogens with zero attached hydrogens (tertiary/aromatic N) is 3. The molecule has 1 N–H and O–H groups in total. The summed E-state index contributed by atoms with van der Waals surface area (Å²) in [5.41, 5.74) is 1.49. The molecule has 0 saturated carbocycles. The third-order valence-electron chi connectivity index (χ3n) is 2.08. The van der Waals surface area contributed by atoms with E-state index in [0.717, 1.165) is 28.9 Å². The quantitative estimate of drug-likeness (QED) is 0.512. The molecule has 1 unspecified atom stereocenters. The molecule has 0 saturated heterocycles. The molecule has 2 rings (SSSR count). The van der Waals surface area contributed by atoms with Gasteiger partial charge in [0, 0.05) is 8.95 Å². The minimum atomic E-state index is -0.485. The van der Waals surface area contributed by atoms with Crippen molar-refractivity contribution in [3.63, 3.8) is 0 Å². The zero-order valence-corrected chi connectivity index (χ0v) is 14.9. The number of hydrogen-bond acceptors (Lipinski definition) is 3. The maximum absolute atomic E-state index is 9.34. The highest BCUT2D eigenvalue weighted by Crippen LogP contribution is 2.41. The van der Waals surface area contributed by atoms with E-state index in [2.05, 4.69) is 73.9 Å². The van der Waals surface area contributed by atoms with Crippen LogP contribution in [0, 0.1) is 0 Å². The molecule has 0 bridgehead atoms. The fourth-order valence-electron chi connectivity index (χ4n) is 1.36. The van der Waals surface area contributed by atoms with Crippen molar-refractivity contribution < 1.29 is 5.11 Å². The van der Waals surface area contributed by atoms with E-state index < -0.39 is 6.10 Å². The van der Waals surface area contributed by atoms with E-state index in [1.807, 2.05) is 0 Å². The summed E-state index contributed by atoms with van der Waals surface area (Å²) in [7, 11) is 0. The third kappa shape index (κ3) is 2.60. The molecule has 8 heteroatoms. The lowest BCUT2D eigenvalue weighted by Gasteiger charge is -2.02. The monoisotopic (exact) mass is 489 g/mol. The van der Waals surface area contributed by atoms with Crippen LogP contribution in [-0.4, -0.2) is 26.2 Å². The zero-order chi connectivity index (χ0) is 12.7. The van der Waals surface area contributed by atoms with Crippen molar-refractivity contribution in [1.29, 1.82) is 0 Å². The van der Waals surface area contributed by atoms with Crippen molar-refractivity contribution in [2.75, 3.05) is 0 Å². The lowest BCUT2D eigenvalue weighted by atomic mass is 10.3. The van der Waals surface area contributed by atoms with E-state index in [4.69, 9.17) is 0 Å². The van der Waals surface area contributed by atoms with E-state index in [-0.39, 0.29) is 0 Å². The van der Waals surface area contributed by atoms with Crippen molar-refractivity contribution in [2.45, 2.75) is 19.6 Å². The van der Waals surface area contributed by atoms with E-state index in [1.165, 1.54) is 4.80 Å². The summed E-state index contributed by atoms with van der Waals surface area (Å²) in [6.45, 7) is 2.06. The smallest absolute Gasteiger partial charge is 0.129 e. The highest BCUT2D eigenvalue weighted by Gasteiger charge is 2.18. The zero-order valence-electron chi connectivity index (χ0n) is 8.59. The average molecular weight is 493 g/mol. The summed E-state index contributed by atoms with van der Waals surface area (Å²) < 4.78 is 3.42. The molecule has 0 aliphatic heterocycles. The van der Waals surface area contributed by atoms with E-state index in [1.54, 1.807) is 6.92 Å². The van der Waals surface area contributed by atoms with Crippen molar-refractivity contribution >= 4 is 74.8 Å². The molecule has 0 spiro atoms. The molecule has 0 amide bonds. The number of aliphatic hydroxyl groups excluding tert-OH is 1. The molecule has 17 heavy (non-hydrogen) atoms. The second-order valence-electron chi connectivity index (χ2n) is 3.56. The van der Waals surface area contributed by atoms with Crippen molar-refractivity contribution in [2.24, 2.45) is 0 Å². The van der Waals surface area contributed by atoms with Crippen molar-refractivity contribution in [1.82, 2.24) is 15.0 Å². The fourth-order valence-corrected chi connectivity index (χ4v) is 3.60. The van der Waals surface area contributed by atoms with Gasteiger partial charge >= 0.3 is 0 Å². The molecule has 2 aromatic rings. The standard InChI is InChI=1S/C9H7Br4N3O/c1-3(17)2-16-14-8-6(12)4(10)5(11)7(13)9(8)15-16/h3,17H,2H2,1H3. The van der Waals surface area contributed by atoms with Gasteiger partial charge in [0.1, 0.15) is 11.0 Å². The Morgan fingerprint density at radius 2 is 1.41 bits per heavy atom. The first-order valence-corrected chi connectivity index (χ1v) is 7.84. The minimum Gasteiger partial charge on any atom is -0.391 e. The molecule has 1 atom stereocenters. The van der Waals surface area contributed by atoms with Gasteiger partial charge in [-0.1, -0.05) is 0 Å². The summed E-state index contributed by atoms with van der Waals surface area (Å²) in [6, 6.07) is 0. The summed E-state index contributed by atoms with van der Waals surface area (Å²) in [4.78, 5) is 1.49. The Labute approximate surface area is 131 Å². The maximum Gasteiger partial charge on any atom is 0.129 e. The molecule has 0 fully saturated rings. The summed E-state index contributed by atoms with van der Waals surface area (Å²) in [5, 5.41) is 18.0. The molecule has 1 aromatic carbocycles. The van der Waals surface area contributed by atoms with Crippen LogP contribution >= 0.6 is 63.7 Å². The van der Waals surface area contributed by atoms with E-state index >= 15 is 0 Å². The Morgan fingerprint density at radius 1 is 1.00 bits per heavy atom. The Morgan fingerprint density at radius 3 is 1.76 bits per heavy atom. The van der Waals surface area contributed by atoms with Crippen LogP contribution in [0.25, 0.3) is 11.0 Å². The first-order chi connectivity index (χ1) is 7.91. The van der Waals surface area contributed by atoms with Gasteiger partial charge in [0.25, 0.3) is 0 Å². The highest BCUT2D eigenvalue weighted by molar-refractivity contribution is 9.15. The van der Waals surface area contributed by atoms with Gasteiger partial charge < -0.3 is 5.11 Å². The Balaban J connectivity index is 2.68. The van der Waals surface area contributed by atoms with E-state index in [0.29, 0.717) is 6.54 Å². The molecule has 1 aromatic heterocycles. The Bertz CT molecular complexity index is 536. The van der Waals surface area contributed by atoms with Gasteiger partial charge in [-0.25, -0.2) is 0 Å². The first kappa shape index (κ1) is 13.9. The molecule has 0 radical (unpaired) electrons. The summed E-state index contributed by atoms with van der Waals surface area (Å²) in [6.07, 6.45) is -0.485. The number of halogens is 4. The molecule has 0 aliphatic rings. The van der Waals surface area contributed by atoms with Crippen LogP contribution in [0.4, 0.5) is 0 Å². The van der Waals surface area contributed by atoms with E-state index in [9.17, 15) is 5.11 Å². The van der Waals surface area contributed by atoms with Gasteiger partial charge in [-0.3, -0.25) is 0 Å². The Kier molecular flexibility index (Phi) is 4.29. The average Bonchev–Trinajstić information content (AvgIpc) is 2.66. The van der Waals surface area contributed by atoms with Gasteiger partial charge in [-0.15, -0.1) is 0 Å². The number of benzene rings is 1. The first-order valence-electron chi connectivity index (χ1n) is 4.66. The van der Waals surface area contributed by atoms with Crippen LogP contribution in [0.3, 0.4) is 0 Å². The van der Waals surface area contributed by atoms with Crippen molar-refractivity contribution in [3.05, 3.63) is 17.9 Å². The largest absolute Gasteiger partial charge is 0.391 e. The molecule has 1 heterocycles. The number of aliphatic hydroxyl groups is 1. The second kappa shape index (κ2) is 5.24. The minimum absolute atomic E-state index is 0.364. The van der Waals surface area contributed by atoms with Crippen LogP contribution in [0.15, 0.2) is 17.9 Å². The van der Waals surface area contributed by atoms with Gasteiger partial charge in [0.05, 0.1) is 21.6 Å². The molecule has 92 valence electrons. The van der Waals surface area contributed by atoms with Crippen molar-refractivity contribution in [3.8, 4) is 0 Å². The highest BCUT2D eigenvalue weighted by atomic mass is 79.9. The van der Waals surface area contributed by atoms with Gasteiger partial charge in [0.2, 0.25) is 0 Å². The van der Waals surface area contributed by atoms with Gasteiger partial charge in [-0.2, -0.15) is 15.0 Å². The fraction of sp³-hybridized carbons (Fsp3) is 0.333.